The molecule has 0 amide bonds. The summed E-state index contributed by atoms with van der Waals surface area (Å²) in [6.07, 6.45) is 0. The number of thiophene rings is 1. The molecule has 0 spiro atoms. The van der Waals surface area contributed by atoms with E-state index in [1.165, 1.54) is 9.75 Å². The predicted octanol–water partition coefficient (Wildman–Crippen LogP) is 2.43. The van der Waals surface area contributed by atoms with Crippen molar-refractivity contribution >= 4 is 22.9 Å². The minimum absolute atomic E-state index is 0.872. The van der Waals surface area contributed by atoms with Crippen LogP contribution in [0.5, 0.6) is 0 Å². The van der Waals surface area contributed by atoms with Gasteiger partial charge >= 0.3 is 0 Å². The van der Waals surface area contributed by atoms with Crippen LogP contribution in [0.25, 0.3) is 0 Å². The normalized spacial score (nSPS) is 10.3. The summed E-state index contributed by atoms with van der Waals surface area (Å²) in [5, 5.41) is 3.95. The van der Waals surface area contributed by atoms with Crippen molar-refractivity contribution in [2.45, 2.75) is 13.5 Å². The maximum atomic E-state index is 5.89. The van der Waals surface area contributed by atoms with Crippen molar-refractivity contribution in [2.75, 3.05) is 7.05 Å². The van der Waals surface area contributed by atoms with E-state index in [-0.39, 0.29) is 0 Å². The van der Waals surface area contributed by atoms with Crippen molar-refractivity contribution in [2.24, 2.45) is 0 Å². The Kier molecular flexibility index (Phi) is 2.72. The first-order chi connectivity index (χ1) is 4.74. The van der Waals surface area contributed by atoms with Crippen molar-refractivity contribution in [3.63, 3.8) is 0 Å². The second kappa shape index (κ2) is 3.37. The van der Waals surface area contributed by atoms with Crippen LogP contribution < -0.4 is 5.32 Å². The average Bonchev–Trinajstić information content (AvgIpc) is 2.13. The van der Waals surface area contributed by atoms with E-state index in [9.17, 15) is 0 Å². The Morgan fingerprint density at radius 1 is 1.70 bits per heavy atom. The lowest BCUT2D eigenvalue weighted by Gasteiger charge is -1.93. The van der Waals surface area contributed by atoms with Crippen molar-refractivity contribution in [1.29, 1.82) is 0 Å². The third-order valence-electron chi connectivity index (χ3n) is 1.22. The molecule has 0 aliphatic carbocycles. The molecule has 0 aliphatic heterocycles. The third-order valence-corrected chi connectivity index (χ3v) is 2.72. The zero-order chi connectivity index (χ0) is 7.56. The largest absolute Gasteiger partial charge is 0.315 e. The monoisotopic (exact) mass is 175 g/mol. The molecule has 1 aromatic rings. The SMILES string of the molecule is CNCc1sc(C)cc1Cl. The lowest BCUT2D eigenvalue weighted by Crippen LogP contribution is -2.03. The zero-order valence-corrected chi connectivity index (χ0v) is 7.64. The summed E-state index contributed by atoms with van der Waals surface area (Å²) in [5.41, 5.74) is 0. The van der Waals surface area contributed by atoms with Gasteiger partial charge in [0.1, 0.15) is 0 Å². The van der Waals surface area contributed by atoms with E-state index in [2.05, 4.69) is 12.2 Å². The average molecular weight is 176 g/mol. The molecule has 0 saturated carbocycles. The Morgan fingerprint density at radius 2 is 2.40 bits per heavy atom. The van der Waals surface area contributed by atoms with Crippen LogP contribution in [0.2, 0.25) is 5.02 Å². The zero-order valence-electron chi connectivity index (χ0n) is 6.07. The molecule has 0 aromatic carbocycles. The number of rotatable bonds is 2. The van der Waals surface area contributed by atoms with Crippen LogP contribution in [0, 0.1) is 6.92 Å². The summed E-state index contributed by atoms with van der Waals surface area (Å²) < 4.78 is 0. The smallest absolute Gasteiger partial charge is 0.0560 e. The van der Waals surface area contributed by atoms with Crippen LogP contribution in [0.15, 0.2) is 6.07 Å². The molecular formula is C7H10ClNS. The first-order valence-corrected chi connectivity index (χ1v) is 4.33. The summed E-state index contributed by atoms with van der Waals surface area (Å²) in [5.74, 6) is 0. The Labute approximate surface area is 70.0 Å². The van der Waals surface area contributed by atoms with Gasteiger partial charge in [-0.15, -0.1) is 11.3 Å². The van der Waals surface area contributed by atoms with Gasteiger partial charge in [0.05, 0.1) is 5.02 Å². The fraction of sp³-hybridized carbons (Fsp3) is 0.429. The van der Waals surface area contributed by atoms with E-state index in [4.69, 9.17) is 11.6 Å². The van der Waals surface area contributed by atoms with E-state index in [1.807, 2.05) is 13.1 Å². The summed E-state index contributed by atoms with van der Waals surface area (Å²) in [4.78, 5) is 2.50. The molecule has 1 heterocycles. The Morgan fingerprint density at radius 3 is 2.80 bits per heavy atom. The van der Waals surface area contributed by atoms with E-state index in [0.29, 0.717) is 0 Å². The molecule has 1 rings (SSSR count). The number of hydrogen-bond acceptors (Lipinski definition) is 2. The first-order valence-electron chi connectivity index (χ1n) is 3.13. The molecule has 10 heavy (non-hydrogen) atoms. The molecule has 0 saturated heterocycles. The molecule has 0 atom stereocenters. The van der Waals surface area contributed by atoms with E-state index in [1.54, 1.807) is 11.3 Å². The molecule has 56 valence electrons. The highest BCUT2D eigenvalue weighted by Gasteiger charge is 2.01. The standard InChI is InChI=1S/C7H10ClNS/c1-5-3-6(8)7(10-5)4-9-2/h3,9H,4H2,1-2H3. The van der Waals surface area contributed by atoms with Gasteiger partial charge in [-0.25, -0.2) is 0 Å². The second-order valence-electron chi connectivity index (χ2n) is 2.16. The Hall–Kier alpha value is -0.0500. The maximum absolute atomic E-state index is 5.89. The summed E-state index contributed by atoms with van der Waals surface area (Å²) in [7, 11) is 1.92. The van der Waals surface area contributed by atoms with Gasteiger partial charge in [-0.2, -0.15) is 0 Å². The van der Waals surface area contributed by atoms with Crippen LogP contribution in [0.3, 0.4) is 0 Å². The van der Waals surface area contributed by atoms with Crippen molar-refractivity contribution in [3.05, 3.63) is 20.8 Å². The fourth-order valence-corrected chi connectivity index (χ4v) is 2.16. The minimum Gasteiger partial charge on any atom is -0.315 e. The molecule has 3 heteroatoms. The van der Waals surface area contributed by atoms with Gasteiger partial charge in [-0.05, 0) is 20.0 Å². The van der Waals surface area contributed by atoms with E-state index in [0.717, 1.165) is 11.6 Å². The predicted molar refractivity (Wildman–Crippen MR) is 46.8 cm³/mol. The Bertz CT molecular complexity index is 219. The lowest BCUT2D eigenvalue weighted by molar-refractivity contribution is 0.831. The van der Waals surface area contributed by atoms with Gasteiger partial charge in [0.2, 0.25) is 0 Å². The highest BCUT2D eigenvalue weighted by molar-refractivity contribution is 7.12. The topological polar surface area (TPSA) is 12.0 Å². The van der Waals surface area contributed by atoms with E-state index < -0.39 is 0 Å². The summed E-state index contributed by atoms with van der Waals surface area (Å²) >= 11 is 7.64. The molecule has 1 nitrogen and oxygen atoms in total. The van der Waals surface area contributed by atoms with Crippen LogP contribution in [0.1, 0.15) is 9.75 Å². The molecule has 0 aliphatic rings. The number of aryl methyl sites for hydroxylation is 1. The number of hydrogen-bond donors (Lipinski definition) is 1. The Balaban J connectivity index is 2.81. The van der Waals surface area contributed by atoms with Crippen LogP contribution in [-0.4, -0.2) is 7.05 Å². The summed E-state index contributed by atoms with van der Waals surface area (Å²) in [6.45, 7) is 2.94. The molecule has 1 N–H and O–H groups in total. The highest BCUT2D eigenvalue weighted by Crippen LogP contribution is 2.25. The van der Waals surface area contributed by atoms with Crippen molar-refractivity contribution < 1.29 is 0 Å². The van der Waals surface area contributed by atoms with Crippen molar-refractivity contribution in [3.8, 4) is 0 Å². The molecule has 0 unspecified atom stereocenters. The molecular weight excluding hydrogens is 166 g/mol. The fourth-order valence-electron chi connectivity index (χ4n) is 0.813. The van der Waals surface area contributed by atoms with Crippen LogP contribution >= 0.6 is 22.9 Å². The van der Waals surface area contributed by atoms with Gasteiger partial charge in [-0.3, -0.25) is 0 Å². The first kappa shape index (κ1) is 8.05. The van der Waals surface area contributed by atoms with Gasteiger partial charge in [-0.1, -0.05) is 11.6 Å². The summed E-state index contributed by atoms with van der Waals surface area (Å²) in [6, 6.07) is 2.00. The molecule has 1 aromatic heterocycles. The van der Waals surface area contributed by atoms with Crippen LogP contribution in [-0.2, 0) is 6.54 Å². The van der Waals surface area contributed by atoms with Gasteiger partial charge in [0, 0.05) is 16.3 Å². The molecule has 0 bridgehead atoms. The lowest BCUT2D eigenvalue weighted by atomic mass is 10.4. The van der Waals surface area contributed by atoms with E-state index >= 15 is 0 Å². The van der Waals surface area contributed by atoms with Crippen molar-refractivity contribution in [1.82, 2.24) is 5.32 Å². The van der Waals surface area contributed by atoms with Gasteiger partial charge in [0.25, 0.3) is 0 Å². The van der Waals surface area contributed by atoms with Gasteiger partial charge < -0.3 is 5.32 Å². The second-order valence-corrected chi connectivity index (χ2v) is 3.91. The van der Waals surface area contributed by atoms with Gasteiger partial charge in [0.15, 0.2) is 0 Å². The highest BCUT2D eigenvalue weighted by atomic mass is 35.5. The minimum atomic E-state index is 0.872. The van der Waals surface area contributed by atoms with Crippen LogP contribution in [0.4, 0.5) is 0 Å². The third kappa shape index (κ3) is 1.72. The number of nitrogens with one attached hydrogen (secondary N) is 1. The quantitative estimate of drug-likeness (QED) is 0.728. The maximum Gasteiger partial charge on any atom is 0.0560 e. The molecule has 0 fully saturated rings. The molecule has 0 radical (unpaired) electrons. The number of halogens is 1.